The first-order valence-corrected chi connectivity index (χ1v) is 4.37. The summed E-state index contributed by atoms with van der Waals surface area (Å²) in [7, 11) is 1.71. The van der Waals surface area contributed by atoms with Gasteiger partial charge in [-0.05, 0) is 12.8 Å². The smallest absolute Gasteiger partial charge is 0.133 e. The van der Waals surface area contributed by atoms with Crippen LogP contribution in [0.5, 0.6) is 0 Å². The van der Waals surface area contributed by atoms with Gasteiger partial charge in [-0.25, -0.2) is 0 Å². The summed E-state index contributed by atoms with van der Waals surface area (Å²) in [5.41, 5.74) is 0. The molecule has 1 saturated carbocycles. The van der Waals surface area contributed by atoms with Crippen molar-refractivity contribution in [2.24, 2.45) is 0 Å². The van der Waals surface area contributed by atoms with Crippen molar-refractivity contribution in [2.75, 3.05) is 7.11 Å². The first-order chi connectivity index (χ1) is 5.33. The van der Waals surface area contributed by atoms with Gasteiger partial charge in [-0.1, -0.05) is 13.8 Å². The van der Waals surface area contributed by atoms with E-state index in [1.54, 1.807) is 7.11 Å². The molecular weight excluding hydrogens is 140 g/mol. The number of methoxy groups -OCH3 is 1. The SMILES string of the molecule is CC.COC1CCC(=O)CC1. The Labute approximate surface area is 68.9 Å². The molecule has 0 atom stereocenters. The number of ether oxygens (including phenoxy) is 1. The third kappa shape index (κ3) is 4.14. The van der Waals surface area contributed by atoms with Gasteiger partial charge in [0.25, 0.3) is 0 Å². The van der Waals surface area contributed by atoms with Crippen molar-refractivity contribution in [2.45, 2.75) is 45.6 Å². The molecule has 1 fully saturated rings. The van der Waals surface area contributed by atoms with Crippen LogP contribution in [0.4, 0.5) is 0 Å². The summed E-state index contributed by atoms with van der Waals surface area (Å²) in [5.74, 6) is 0.392. The Morgan fingerprint density at radius 3 is 2.09 bits per heavy atom. The zero-order chi connectivity index (χ0) is 8.69. The van der Waals surface area contributed by atoms with Crippen LogP contribution in [0.1, 0.15) is 39.5 Å². The van der Waals surface area contributed by atoms with Crippen LogP contribution in [0.15, 0.2) is 0 Å². The molecule has 0 aliphatic heterocycles. The van der Waals surface area contributed by atoms with E-state index in [0.29, 0.717) is 11.9 Å². The molecule has 0 bridgehead atoms. The van der Waals surface area contributed by atoms with Gasteiger partial charge in [0, 0.05) is 20.0 Å². The van der Waals surface area contributed by atoms with Crippen LogP contribution < -0.4 is 0 Å². The number of rotatable bonds is 1. The van der Waals surface area contributed by atoms with Gasteiger partial charge in [-0.3, -0.25) is 4.79 Å². The highest BCUT2D eigenvalue weighted by atomic mass is 16.5. The summed E-state index contributed by atoms with van der Waals surface area (Å²) >= 11 is 0. The molecule has 0 aromatic carbocycles. The summed E-state index contributed by atoms with van der Waals surface area (Å²) in [6.45, 7) is 4.00. The largest absolute Gasteiger partial charge is 0.381 e. The highest BCUT2D eigenvalue weighted by Gasteiger charge is 2.17. The van der Waals surface area contributed by atoms with Gasteiger partial charge in [0.2, 0.25) is 0 Å². The standard InChI is InChI=1S/C7H12O2.C2H6/c1-9-7-4-2-6(8)3-5-7;1-2/h7H,2-5H2,1H3;1-2H3. The average molecular weight is 158 g/mol. The molecule has 66 valence electrons. The molecule has 0 N–H and O–H groups in total. The minimum atomic E-state index is 0.350. The van der Waals surface area contributed by atoms with E-state index in [2.05, 4.69) is 0 Å². The van der Waals surface area contributed by atoms with E-state index in [0.717, 1.165) is 25.7 Å². The van der Waals surface area contributed by atoms with Crippen LogP contribution in [0.25, 0.3) is 0 Å². The number of hydrogen-bond donors (Lipinski definition) is 0. The number of ketones is 1. The lowest BCUT2D eigenvalue weighted by atomic mass is 9.97. The molecule has 1 aliphatic rings. The third-order valence-electron chi connectivity index (χ3n) is 1.82. The Morgan fingerprint density at radius 2 is 1.73 bits per heavy atom. The van der Waals surface area contributed by atoms with Crippen LogP contribution in [0.2, 0.25) is 0 Å². The second-order valence-corrected chi connectivity index (χ2v) is 2.47. The first-order valence-electron chi connectivity index (χ1n) is 4.37. The predicted molar refractivity (Wildman–Crippen MR) is 45.6 cm³/mol. The van der Waals surface area contributed by atoms with Crippen LogP contribution in [-0.2, 0) is 9.53 Å². The lowest BCUT2D eigenvalue weighted by Crippen LogP contribution is -2.19. The van der Waals surface area contributed by atoms with Crippen molar-refractivity contribution < 1.29 is 9.53 Å². The van der Waals surface area contributed by atoms with Gasteiger partial charge in [-0.2, -0.15) is 0 Å². The van der Waals surface area contributed by atoms with Crippen molar-refractivity contribution in [1.29, 1.82) is 0 Å². The molecule has 0 aromatic heterocycles. The zero-order valence-corrected chi connectivity index (χ0v) is 7.72. The number of carbonyl (C=O) groups excluding carboxylic acids is 1. The van der Waals surface area contributed by atoms with Crippen LogP contribution in [0, 0.1) is 0 Å². The Balaban J connectivity index is 0.000000461. The van der Waals surface area contributed by atoms with Gasteiger partial charge < -0.3 is 4.74 Å². The van der Waals surface area contributed by atoms with E-state index in [4.69, 9.17) is 4.74 Å². The number of Topliss-reactive ketones (excluding diaryl/α,β-unsaturated/α-hetero) is 1. The minimum Gasteiger partial charge on any atom is -0.381 e. The van der Waals surface area contributed by atoms with Crippen LogP contribution >= 0.6 is 0 Å². The molecule has 1 rings (SSSR count). The highest BCUT2D eigenvalue weighted by molar-refractivity contribution is 5.79. The van der Waals surface area contributed by atoms with Gasteiger partial charge in [-0.15, -0.1) is 0 Å². The summed E-state index contributed by atoms with van der Waals surface area (Å²) < 4.78 is 5.09. The molecule has 2 heteroatoms. The lowest BCUT2D eigenvalue weighted by Gasteiger charge is -2.18. The summed E-state index contributed by atoms with van der Waals surface area (Å²) in [6, 6.07) is 0. The van der Waals surface area contributed by atoms with Gasteiger partial charge in [0.05, 0.1) is 6.10 Å². The topological polar surface area (TPSA) is 26.3 Å². The Hall–Kier alpha value is -0.370. The fraction of sp³-hybridized carbons (Fsp3) is 0.889. The maximum absolute atomic E-state index is 10.7. The summed E-state index contributed by atoms with van der Waals surface area (Å²) in [6.07, 6.45) is 3.64. The van der Waals surface area contributed by atoms with E-state index in [9.17, 15) is 4.79 Å². The van der Waals surface area contributed by atoms with Crippen molar-refractivity contribution in [1.82, 2.24) is 0 Å². The fourth-order valence-electron chi connectivity index (χ4n) is 1.15. The molecule has 0 saturated heterocycles. The van der Waals surface area contributed by atoms with Gasteiger partial charge >= 0.3 is 0 Å². The molecule has 0 heterocycles. The number of carbonyl (C=O) groups is 1. The molecular formula is C9H18O2. The maximum Gasteiger partial charge on any atom is 0.133 e. The Morgan fingerprint density at radius 1 is 1.27 bits per heavy atom. The maximum atomic E-state index is 10.7. The summed E-state index contributed by atoms with van der Waals surface area (Å²) in [4.78, 5) is 10.7. The van der Waals surface area contributed by atoms with E-state index < -0.39 is 0 Å². The van der Waals surface area contributed by atoms with E-state index >= 15 is 0 Å². The van der Waals surface area contributed by atoms with Gasteiger partial charge in [0.1, 0.15) is 5.78 Å². The Bertz CT molecular complexity index is 100. The van der Waals surface area contributed by atoms with E-state index in [-0.39, 0.29) is 0 Å². The lowest BCUT2D eigenvalue weighted by molar-refractivity contribution is -0.122. The third-order valence-corrected chi connectivity index (χ3v) is 1.82. The molecule has 0 spiro atoms. The quantitative estimate of drug-likeness (QED) is 0.584. The monoisotopic (exact) mass is 158 g/mol. The predicted octanol–water partition coefficient (Wildman–Crippen LogP) is 2.17. The average Bonchev–Trinajstić information content (AvgIpc) is 2.10. The van der Waals surface area contributed by atoms with Crippen molar-refractivity contribution in [3.8, 4) is 0 Å². The molecule has 1 aliphatic carbocycles. The highest BCUT2D eigenvalue weighted by Crippen LogP contribution is 2.16. The molecule has 0 aromatic rings. The van der Waals surface area contributed by atoms with Crippen molar-refractivity contribution in [3.63, 3.8) is 0 Å². The van der Waals surface area contributed by atoms with Gasteiger partial charge in [0.15, 0.2) is 0 Å². The molecule has 0 amide bonds. The Kier molecular flexibility index (Phi) is 6.13. The van der Waals surface area contributed by atoms with Crippen LogP contribution in [0.3, 0.4) is 0 Å². The molecule has 11 heavy (non-hydrogen) atoms. The summed E-state index contributed by atoms with van der Waals surface area (Å²) in [5, 5.41) is 0. The molecule has 2 nitrogen and oxygen atoms in total. The van der Waals surface area contributed by atoms with Crippen LogP contribution in [-0.4, -0.2) is 19.0 Å². The fourth-order valence-corrected chi connectivity index (χ4v) is 1.15. The minimum absolute atomic E-state index is 0.350. The molecule has 0 unspecified atom stereocenters. The van der Waals surface area contributed by atoms with Crippen molar-refractivity contribution >= 4 is 5.78 Å². The van der Waals surface area contributed by atoms with E-state index in [1.165, 1.54) is 0 Å². The second kappa shape index (κ2) is 6.35. The first kappa shape index (κ1) is 10.6. The second-order valence-electron chi connectivity index (χ2n) is 2.47. The normalized spacial score (nSPS) is 19.0. The van der Waals surface area contributed by atoms with E-state index in [1.807, 2.05) is 13.8 Å². The zero-order valence-electron chi connectivity index (χ0n) is 7.72. The van der Waals surface area contributed by atoms with Crippen molar-refractivity contribution in [3.05, 3.63) is 0 Å². The number of hydrogen-bond acceptors (Lipinski definition) is 2. The molecule has 0 radical (unpaired) electrons.